The lowest BCUT2D eigenvalue weighted by Crippen LogP contribution is -2.42. The number of alkyl carbamates (subject to hydrolysis) is 1. The molecule has 1 amide bonds. The molecule has 0 saturated heterocycles. The van der Waals surface area contributed by atoms with E-state index in [0.717, 1.165) is 0 Å². The summed E-state index contributed by atoms with van der Waals surface area (Å²) in [4.78, 5) is 49.0. The standard InChI is InChI=1S/C14H20N2O10S/c1-9-11(26-14(19)25-9)8-23-12(17)10(4-7-27-2)15-13(18)22-5-3-6-24-16(20)21/h10H,3-8H2,1-2H3,(H,15,18). The van der Waals surface area contributed by atoms with Crippen LogP contribution in [0.4, 0.5) is 4.79 Å². The normalized spacial score (nSPS) is 11.5. The second-order valence-electron chi connectivity index (χ2n) is 5.07. The highest BCUT2D eigenvalue weighted by atomic mass is 32.2. The number of hydrogen-bond donors (Lipinski definition) is 1. The van der Waals surface area contributed by atoms with Crippen LogP contribution in [0.1, 0.15) is 24.4 Å². The molecule has 1 heterocycles. The summed E-state index contributed by atoms with van der Waals surface area (Å²) in [5.74, 6) is -0.805. The lowest BCUT2D eigenvalue weighted by atomic mass is 10.2. The maximum atomic E-state index is 12.2. The van der Waals surface area contributed by atoms with Crippen molar-refractivity contribution in [2.45, 2.75) is 32.4 Å². The lowest BCUT2D eigenvalue weighted by molar-refractivity contribution is -0.757. The molecule has 152 valence electrons. The average molecular weight is 408 g/mol. The van der Waals surface area contributed by atoms with Gasteiger partial charge in [0.2, 0.25) is 0 Å². The van der Waals surface area contributed by atoms with Crippen molar-refractivity contribution in [3.63, 3.8) is 0 Å². The zero-order valence-corrected chi connectivity index (χ0v) is 15.6. The van der Waals surface area contributed by atoms with Crippen LogP contribution in [-0.2, 0) is 25.7 Å². The van der Waals surface area contributed by atoms with E-state index in [1.54, 1.807) is 0 Å². The number of nitrogens with one attached hydrogen (secondary N) is 1. The highest BCUT2D eigenvalue weighted by Gasteiger charge is 2.23. The van der Waals surface area contributed by atoms with Gasteiger partial charge in [-0.2, -0.15) is 11.8 Å². The molecule has 0 aliphatic carbocycles. The van der Waals surface area contributed by atoms with E-state index in [-0.39, 0.29) is 44.2 Å². The third-order valence-corrected chi connectivity index (χ3v) is 3.73. The molecule has 12 nitrogen and oxygen atoms in total. The van der Waals surface area contributed by atoms with Crippen LogP contribution in [-0.4, -0.2) is 48.4 Å². The van der Waals surface area contributed by atoms with Gasteiger partial charge in [-0.1, -0.05) is 0 Å². The van der Waals surface area contributed by atoms with Crippen LogP contribution in [0.15, 0.2) is 13.6 Å². The number of amides is 1. The molecular formula is C14H20N2O10S. The van der Waals surface area contributed by atoms with Crippen LogP contribution in [0.25, 0.3) is 0 Å². The van der Waals surface area contributed by atoms with E-state index >= 15 is 0 Å². The van der Waals surface area contributed by atoms with E-state index in [1.807, 2.05) is 6.26 Å². The smallest absolute Gasteiger partial charge is 0.456 e. The third kappa shape index (κ3) is 8.99. The number of carbonyl (C=O) groups is 2. The largest absolute Gasteiger partial charge is 0.519 e. The van der Waals surface area contributed by atoms with Crippen molar-refractivity contribution in [2.75, 3.05) is 25.2 Å². The van der Waals surface area contributed by atoms with E-state index in [9.17, 15) is 24.5 Å². The molecule has 1 atom stereocenters. The minimum absolute atomic E-state index is 0.0744. The van der Waals surface area contributed by atoms with E-state index < -0.39 is 29.0 Å². The van der Waals surface area contributed by atoms with Crippen molar-refractivity contribution >= 4 is 23.8 Å². The van der Waals surface area contributed by atoms with Gasteiger partial charge in [0.25, 0.3) is 5.09 Å². The summed E-state index contributed by atoms with van der Waals surface area (Å²) < 4.78 is 19.3. The van der Waals surface area contributed by atoms with Gasteiger partial charge in [0.15, 0.2) is 18.1 Å². The van der Waals surface area contributed by atoms with E-state index in [2.05, 4.69) is 14.6 Å². The molecule has 1 unspecified atom stereocenters. The fourth-order valence-electron chi connectivity index (χ4n) is 1.78. The molecule has 1 N–H and O–H groups in total. The van der Waals surface area contributed by atoms with Gasteiger partial charge in [0.1, 0.15) is 6.04 Å². The number of esters is 1. The van der Waals surface area contributed by atoms with Gasteiger partial charge in [0, 0.05) is 6.42 Å². The Kier molecular flexibility index (Phi) is 9.79. The van der Waals surface area contributed by atoms with Crippen LogP contribution in [0.2, 0.25) is 0 Å². The molecule has 0 fully saturated rings. The number of hydrogen-bond acceptors (Lipinski definition) is 11. The van der Waals surface area contributed by atoms with Crippen molar-refractivity contribution in [3.05, 3.63) is 32.3 Å². The number of carbonyl (C=O) groups excluding carboxylic acids is 2. The minimum atomic E-state index is -0.973. The molecule has 0 aromatic carbocycles. The van der Waals surface area contributed by atoms with Crippen LogP contribution in [0.5, 0.6) is 0 Å². The molecule has 27 heavy (non-hydrogen) atoms. The number of ether oxygens (including phenoxy) is 2. The first-order valence-corrected chi connectivity index (χ1v) is 9.18. The predicted molar refractivity (Wildman–Crippen MR) is 90.6 cm³/mol. The molecule has 0 aliphatic heterocycles. The zero-order chi connectivity index (χ0) is 20.2. The van der Waals surface area contributed by atoms with Crippen molar-refractivity contribution in [1.29, 1.82) is 0 Å². The molecule has 0 spiro atoms. The SMILES string of the molecule is CSCCC(NC(=O)OCCCO[N+](=O)[O-])C(=O)OCc1oc(=O)oc1C. The van der Waals surface area contributed by atoms with Gasteiger partial charge < -0.3 is 28.5 Å². The molecular weight excluding hydrogens is 388 g/mol. The first kappa shape index (κ1) is 22.3. The Bertz CT molecular complexity index is 686. The predicted octanol–water partition coefficient (Wildman–Crippen LogP) is 1.03. The zero-order valence-electron chi connectivity index (χ0n) is 14.8. The van der Waals surface area contributed by atoms with Crippen LogP contribution in [0.3, 0.4) is 0 Å². The van der Waals surface area contributed by atoms with Gasteiger partial charge in [0.05, 0.1) is 13.2 Å². The second kappa shape index (κ2) is 11.8. The van der Waals surface area contributed by atoms with E-state index in [1.165, 1.54) is 18.7 Å². The third-order valence-electron chi connectivity index (χ3n) is 3.09. The summed E-state index contributed by atoms with van der Waals surface area (Å²) in [6.45, 7) is 0.829. The minimum Gasteiger partial charge on any atom is -0.456 e. The average Bonchev–Trinajstić information content (AvgIpc) is 2.93. The quantitative estimate of drug-likeness (QED) is 0.228. The molecule has 0 saturated carbocycles. The first-order chi connectivity index (χ1) is 12.8. The monoisotopic (exact) mass is 408 g/mol. The van der Waals surface area contributed by atoms with Gasteiger partial charge in [-0.05, 0) is 25.4 Å². The molecule has 1 aromatic rings. The highest BCUT2D eigenvalue weighted by Crippen LogP contribution is 2.09. The maximum absolute atomic E-state index is 12.2. The fourth-order valence-corrected chi connectivity index (χ4v) is 2.25. The Hall–Kier alpha value is -2.70. The molecule has 0 radical (unpaired) electrons. The summed E-state index contributed by atoms with van der Waals surface area (Å²) in [5, 5.41) is 11.4. The van der Waals surface area contributed by atoms with Gasteiger partial charge in [-0.25, -0.2) is 14.4 Å². The van der Waals surface area contributed by atoms with Crippen molar-refractivity contribution in [2.24, 2.45) is 0 Å². The van der Waals surface area contributed by atoms with Crippen molar-refractivity contribution in [1.82, 2.24) is 5.32 Å². The first-order valence-electron chi connectivity index (χ1n) is 7.79. The lowest BCUT2D eigenvalue weighted by Gasteiger charge is -2.17. The van der Waals surface area contributed by atoms with E-state index in [4.69, 9.17) is 13.9 Å². The second-order valence-corrected chi connectivity index (χ2v) is 6.05. The van der Waals surface area contributed by atoms with E-state index in [0.29, 0.717) is 5.75 Å². The summed E-state index contributed by atoms with van der Waals surface area (Å²) in [5.41, 5.74) is 0. The summed E-state index contributed by atoms with van der Waals surface area (Å²) >= 11 is 1.47. The van der Waals surface area contributed by atoms with Crippen molar-refractivity contribution in [3.8, 4) is 0 Å². The Balaban J connectivity index is 2.46. The van der Waals surface area contributed by atoms with Gasteiger partial charge >= 0.3 is 17.9 Å². The number of rotatable bonds is 12. The van der Waals surface area contributed by atoms with Crippen LogP contribution < -0.4 is 11.1 Å². The molecule has 13 heteroatoms. The molecule has 1 rings (SSSR count). The summed E-state index contributed by atoms with van der Waals surface area (Å²) in [6, 6.07) is -0.973. The Morgan fingerprint density at radius 3 is 2.63 bits per heavy atom. The van der Waals surface area contributed by atoms with Gasteiger partial charge in [-0.15, -0.1) is 10.1 Å². The van der Waals surface area contributed by atoms with Crippen LogP contribution in [0, 0.1) is 17.0 Å². The summed E-state index contributed by atoms with van der Waals surface area (Å²) in [7, 11) is 0. The molecule has 0 aliphatic rings. The number of nitrogens with zero attached hydrogens (tertiary/aromatic N) is 1. The number of aryl methyl sites for hydroxylation is 1. The molecule has 0 bridgehead atoms. The Morgan fingerprint density at radius 2 is 2.04 bits per heavy atom. The number of thioether (sulfide) groups is 1. The molecule has 1 aromatic heterocycles. The van der Waals surface area contributed by atoms with Crippen molar-refractivity contribution < 1.29 is 37.8 Å². The summed E-state index contributed by atoms with van der Waals surface area (Å²) in [6.07, 6.45) is 1.37. The fraction of sp³-hybridized carbons (Fsp3) is 0.643. The topological polar surface area (TPSA) is 160 Å². The van der Waals surface area contributed by atoms with Crippen LogP contribution >= 0.6 is 11.8 Å². The highest BCUT2D eigenvalue weighted by molar-refractivity contribution is 7.98. The maximum Gasteiger partial charge on any atom is 0.519 e. The Labute approximate surface area is 157 Å². The Morgan fingerprint density at radius 1 is 1.30 bits per heavy atom. The van der Waals surface area contributed by atoms with Gasteiger partial charge in [-0.3, -0.25) is 0 Å².